The number of unbranched alkanes of at least 4 members (excludes halogenated alkanes) is 16. The van der Waals surface area contributed by atoms with Crippen LogP contribution in [0.4, 0.5) is 0 Å². The van der Waals surface area contributed by atoms with E-state index in [-0.39, 0.29) is 32.6 Å². The zero-order valence-corrected chi connectivity index (χ0v) is 36.9. The number of hydrogen-bond donors (Lipinski definition) is 2. The molecule has 0 spiro atoms. The van der Waals surface area contributed by atoms with Crippen LogP contribution in [0.15, 0.2) is 72.9 Å². The molecule has 0 rings (SSSR count). The second kappa shape index (κ2) is 43.0. The van der Waals surface area contributed by atoms with Crippen molar-refractivity contribution >= 4 is 19.8 Å². The summed E-state index contributed by atoms with van der Waals surface area (Å²) in [6.07, 6.45) is 52.2. The molecule has 0 aromatic rings. The average Bonchev–Trinajstić information content (AvgIpc) is 3.20. The van der Waals surface area contributed by atoms with Gasteiger partial charge in [-0.2, -0.15) is 0 Å². The first kappa shape index (κ1) is 54.5. The van der Waals surface area contributed by atoms with E-state index in [2.05, 4.69) is 80.7 Å². The summed E-state index contributed by atoms with van der Waals surface area (Å²) in [5.74, 6) is -0.902. The number of carbonyl (C=O) groups is 2. The summed E-state index contributed by atoms with van der Waals surface area (Å²) in [6, 6.07) is 0. The summed E-state index contributed by atoms with van der Waals surface area (Å²) in [5.41, 5.74) is 5.35. The average molecular weight is 820 g/mol. The van der Waals surface area contributed by atoms with Crippen molar-refractivity contribution in [3.63, 3.8) is 0 Å². The van der Waals surface area contributed by atoms with Crippen LogP contribution in [0.1, 0.15) is 181 Å². The van der Waals surface area contributed by atoms with Gasteiger partial charge in [0.2, 0.25) is 0 Å². The fourth-order valence-corrected chi connectivity index (χ4v) is 6.55. The number of hydrogen-bond acceptors (Lipinski definition) is 8. The van der Waals surface area contributed by atoms with Gasteiger partial charge in [0, 0.05) is 19.4 Å². The smallest absolute Gasteiger partial charge is 0.462 e. The van der Waals surface area contributed by atoms with Crippen molar-refractivity contribution in [2.24, 2.45) is 5.73 Å². The minimum Gasteiger partial charge on any atom is -0.462 e. The SMILES string of the molecule is CCC=CCC=CCC=CCC=CCC=CCCCC(=O)OCC(COP(=O)(O)OCCN)OC(=O)CCCCCCCCCCCC=CCCCCCCCC. The second-order valence-corrected chi connectivity index (χ2v) is 16.0. The van der Waals surface area contributed by atoms with Crippen LogP contribution < -0.4 is 5.73 Å². The van der Waals surface area contributed by atoms with Gasteiger partial charge in [0.05, 0.1) is 13.2 Å². The second-order valence-electron chi connectivity index (χ2n) is 14.5. The van der Waals surface area contributed by atoms with E-state index in [9.17, 15) is 19.0 Å². The first-order chi connectivity index (χ1) is 27.8. The van der Waals surface area contributed by atoms with Gasteiger partial charge in [-0.3, -0.25) is 18.6 Å². The summed E-state index contributed by atoms with van der Waals surface area (Å²) in [7, 11) is -4.39. The Kier molecular flexibility index (Phi) is 41.1. The van der Waals surface area contributed by atoms with Crippen molar-refractivity contribution in [3.05, 3.63) is 72.9 Å². The monoisotopic (exact) mass is 820 g/mol. The van der Waals surface area contributed by atoms with Crippen LogP contribution in [0, 0.1) is 0 Å². The molecule has 0 aromatic heterocycles. The molecular weight excluding hydrogens is 737 g/mol. The number of phosphoric acid groups is 1. The summed E-state index contributed by atoms with van der Waals surface area (Å²) in [6.45, 7) is 3.54. The number of esters is 2. The predicted octanol–water partition coefficient (Wildman–Crippen LogP) is 13.1. The lowest BCUT2D eigenvalue weighted by molar-refractivity contribution is -0.161. The molecule has 0 fully saturated rings. The fraction of sp³-hybridized carbons (Fsp3) is 0.702. The van der Waals surface area contributed by atoms with Crippen molar-refractivity contribution in [2.45, 2.75) is 187 Å². The summed E-state index contributed by atoms with van der Waals surface area (Å²) in [4.78, 5) is 34.9. The Balaban J connectivity index is 4.22. The Hall–Kier alpha value is -2.55. The standard InChI is InChI=1S/C47H82NO8P/c1-3-5-7-9-11-13-15-17-19-21-22-24-26-28-30-32-34-36-38-40-47(50)56-45(44-55-57(51,52)54-42-41-48)43-53-46(49)39-37-35-33-31-29-27-25-23-20-18-16-14-12-10-8-6-4-2/h6,8,12,14,17-20,25,27,31,33,45H,3-5,7,9-11,13,15-16,21-24,26,28-30,32,34-44,48H2,1-2H3,(H,51,52). The van der Waals surface area contributed by atoms with Crippen LogP contribution in [-0.4, -0.2) is 49.3 Å². The molecule has 57 heavy (non-hydrogen) atoms. The minimum atomic E-state index is -4.39. The van der Waals surface area contributed by atoms with Crippen molar-refractivity contribution < 1.29 is 37.6 Å². The largest absolute Gasteiger partial charge is 0.472 e. The van der Waals surface area contributed by atoms with Crippen LogP contribution in [-0.2, 0) is 32.7 Å². The van der Waals surface area contributed by atoms with Crippen LogP contribution >= 0.6 is 7.82 Å². The molecule has 0 saturated carbocycles. The number of nitrogens with two attached hydrogens (primary N) is 1. The first-order valence-electron chi connectivity index (χ1n) is 22.4. The highest BCUT2D eigenvalue weighted by atomic mass is 31.2. The lowest BCUT2D eigenvalue weighted by atomic mass is 10.1. The molecule has 10 heteroatoms. The van der Waals surface area contributed by atoms with Gasteiger partial charge in [0.25, 0.3) is 0 Å². The fourth-order valence-electron chi connectivity index (χ4n) is 5.78. The third kappa shape index (κ3) is 42.9. The molecule has 0 aliphatic rings. The van der Waals surface area contributed by atoms with Crippen LogP contribution in [0.25, 0.3) is 0 Å². The Bertz CT molecular complexity index is 1160. The molecule has 328 valence electrons. The lowest BCUT2D eigenvalue weighted by Gasteiger charge is -2.19. The Labute approximate surface area is 348 Å². The highest BCUT2D eigenvalue weighted by Gasteiger charge is 2.26. The van der Waals surface area contributed by atoms with Crippen LogP contribution in [0.5, 0.6) is 0 Å². The maximum atomic E-state index is 12.6. The predicted molar refractivity (Wildman–Crippen MR) is 238 cm³/mol. The van der Waals surface area contributed by atoms with E-state index in [1.54, 1.807) is 0 Å². The zero-order valence-electron chi connectivity index (χ0n) is 36.0. The van der Waals surface area contributed by atoms with E-state index >= 15 is 0 Å². The highest BCUT2D eigenvalue weighted by Crippen LogP contribution is 2.43. The summed E-state index contributed by atoms with van der Waals surface area (Å²) >= 11 is 0. The van der Waals surface area contributed by atoms with Crippen molar-refractivity contribution in [3.8, 4) is 0 Å². The molecule has 0 aromatic carbocycles. The van der Waals surface area contributed by atoms with E-state index < -0.39 is 32.5 Å². The Morgan fingerprint density at radius 2 is 0.982 bits per heavy atom. The molecule has 0 aliphatic heterocycles. The molecule has 0 amide bonds. The maximum Gasteiger partial charge on any atom is 0.472 e. The van der Waals surface area contributed by atoms with Gasteiger partial charge >= 0.3 is 19.8 Å². The number of ether oxygens (including phenoxy) is 2. The number of allylic oxidation sites excluding steroid dienone is 12. The minimum absolute atomic E-state index is 0.0425. The van der Waals surface area contributed by atoms with Gasteiger partial charge in [-0.25, -0.2) is 4.57 Å². The van der Waals surface area contributed by atoms with Gasteiger partial charge in [-0.1, -0.05) is 164 Å². The normalized spacial score (nSPS) is 14.0. The van der Waals surface area contributed by atoms with Crippen molar-refractivity contribution in [1.29, 1.82) is 0 Å². The number of rotatable bonds is 41. The van der Waals surface area contributed by atoms with Gasteiger partial charge in [0.1, 0.15) is 6.61 Å². The summed E-state index contributed by atoms with van der Waals surface area (Å²) < 4.78 is 32.7. The third-order valence-corrected chi connectivity index (χ3v) is 10.1. The van der Waals surface area contributed by atoms with Gasteiger partial charge in [-0.15, -0.1) is 0 Å². The van der Waals surface area contributed by atoms with E-state index in [1.165, 1.54) is 83.5 Å². The Morgan fingerprint density at radius 3 is 1.51 bits per heavy atom. The molecule has 2 unspecified atom stereocenters. The molecule has 0 heterocycles. The quantitative estimate of drug-likeness (QED) is 0.0267. The van der Waals surface area contributed by atoms with Gasteiger partial charge in [-0.05, 0) is 77.0 Å². The van der Waals surface area contributed by atoms with Gasteiger partial charge < -0.3 is 20.1 Å². The molecule has 3 N–H and O–H groups in total. The van der Waals surface area contributed by atoms with Crippen LogP contribution in [0.2, 0.25) is 0 Å². The maximum absolute atomic E-state index is 12.6. The Morgan fingerprint density at radius 1 is 0.544 bits per heavy atom. The van der Waals surface area contributed by atoms with Crippen molar-refractivity contribution in [1.82, 2.24) is 0 Å². The topological polar surface area (TPSA) is 134 Å². The molecule has 0 aliphatic carbocycles. The lowest BCUT2D eigenvalue weighted by Crippen LogP contribution is -2.29. The first-order valence-corrected chi connectivity index (χ1v) is 23.9. The van der Waals surface area contributed by atoms with Gasteiger partial charge in [0.15, 0.2) is 6.10 Å². The molecule has 9 nitrogen and oxygen atoms in total. The molecule has 2 atom stereocenters. The van der Waals surface area contributed by atoms with Crippen LogP contribution in [0.3, 0.4) is 0 Å². The molecule has 0 saturated heterocycles. The van der Waals surface area contributed by atoms with E-state index in [0.29, 0.717) is 12.8 Å². The van der Waals surface area contributed by atoms with E-state index in [0.717, 1.165) is 57.8 Å². The number of phosphoric ester groups is 1. The summed E-state index contributed by atoms with van der Waals surface area (Å²) in [5, 5.41) is 0. The molecule has 0 bridgehead atoms. The highest BCUT2D eigenvalue weighted by molar-refractivity contribution is 7.47. The zero-order chi connectivity index (χ0) is 41.8. The molecule has 0 radical (unpaired) electrons. The molecular formula is C47H82NO8P. The van der Waals surface area contributed by atoms with E-state index in [1.807, 2.05) is 6.08 Å². The number of carbonyl (C=O) groups excluding carboxylic acids is 2. The van der Waals surface area contributed by atoms with E-state index in [4.69, 9.17) is 24.3 Å². The van der Waals surface area contributed by atoms with Crippen molar-refractivity contribution in [2.75, 3.05) is 26.4 Å². The third-order valence-electron chi connectivity index (χ3n) is 9.08.